The van der Waals surface area contributed by atoms with Crippen molar-refractivity contribution in [2.24, 2.45) is 4.99 Å². The summed E-state index contributed by atoms with van der Waals surface area (Å²) in [5, 5.41) is 3.38. The third-order valence-electron chi connectivity index (χ3n) is 4.95. The van der Waals surface area contributed by atoms with Crippen LogP contribution in [0.5, 0.6) is 0 Å². The Hall–Kier alpha value is -2.10. The Balaban J connectivity index is 0.00000300. The average Bonchev–Trinajstić information content (AvgIpc) is 3.15. The van der Waals surface area contributed by atoms with E-state index in [-0.39, 0.29) is 29.9 Å². The molecule has 1 fully saturated rings. The van der Waals surface area contributed by atoms with Gasteiger partial charge < -0.3 is 19.7 Å². The predicted molar refractivity (Wildman–Crippen MR) is 127 cm³/mol. The van der Waals surface area contributed by atoms with Gasteiger partial charge in [0.25, 0.3) is 0 Å². The summed E-state index contributed by atoms with van der Waals surface area (Å²) in [7, 11) is 0. The maximum atomic E-state index is 11.5. The molecule has 7 nitrogen and oxygen atoms in total. The fraction of sp³-hybridized carbons (Fsp3) is 0.476. The zero-order valence-electron chi connectivity index (χ0n) is 17.3. The van der Waals surface area contributed by atoms with E-state index in [1.165, 1.54) is 5.56 Å². The number of amides is 1. The molecule has 3 rings (SSSR count). The van der Waals surface area contributed by atoms with Crippen molar-refractivity contribution in [2.75, 3.05) is 39.3 Å². The number of benzene rings is 1. The van der Waals surface area contributed by atoms with E-state index in [1.807, 2.05) is 23.4 Å². The molecule has 1 saturated heterocycles. The van der Waals surface area contributed by atoms with Gasteiger partial charge in [0.2, 0.25) is 5.91 Å². The second kappa shape index (κ2) is 11.8. The normalized spacial score (nSPS) is 14.5. The van der Waals surface area contributed by atoms with Crippen LogP contribution in [0, 0.1) is 0 Å². The standard InChI is InChI=1S/C21H30N6O.HI/c1-3-22-21(26-15-13-25(14-16-26)18(2)28)24-10-9-20-23-11-12-27(20)17-19-7-5-4-6-8-19;/h4-8,11-12H,3,9-10,13-17H2,1-2H3,(H,22,24);1H. The van der Waals surface area contributed by atoms with Crippen LogP contribution in [0.3, 0.4) is 0 Å². The lowest BCUT2D eigenvalue weighted by Crippen LogP contribution is -2.53. The molecule has 0 spiro atoms. The van der Waals surface area contributed by atoms with Crippen LogP contribution in [0.15, 0.2) is 47.7 Å². The molecule has 1 aliphatic rings. The zero-order valence-corrected chi connectivity index (χ0v) is 19.6. The molecule has 0 bridgehead atoms. The number of piperazine rings is 1. The van der Waals surface area contributed by atoms with E-state index < -0.39 is 0 Å². The Kier molecular flexibility index (Phi) is 9.43. The van der Waals surface area contributed by atoms with E-state index in [4.69, 9.17) is 4.99 Å². The maximum absolute atomic E-state index is 11.5. The monoisotopic (exact) mass is 510 g/mol. The third kappa shape index (κ3) is 6.73. The Labute approximate surface area is 190 Å². The number of carbonyl (C=O) groups is 1. The number of aliphatic imine (C=N–C) groups is 1. The molecule has 0 radical (unpaired) electrons. The Morgan fingerprint density at radius 1 is 1.14 bits per heavy atom. The summed E-state index contributed by atoms with van der Waals surface area (Å²) in [6.07, 6.45) is 4.68. The highest BCUT2D eigenvalue weighted by molar-refractivity contribution is 14.0. The summed E-state index contributed by atoms with van der Waals surface area (Å²) in [4.78, 5) is 25.0. The fourth-order valence-corrected chi connectivity index (χ4v) is 3.41. The molecular weight excluding hydrogens is 479 g/mol. The molecule has 2 heterocycles. The molecule has 0 atom stereocenters. The van der Waals surface area contributed by atoms with Crippen LogP contribution in [0.1, 0.15) is 25.2 Å². The van der Waals surface area contributed by atoms with E-state index in [9.17, 15) is 4.79 Å². The van der Waals surface area contributed by atoms with Crippen LogP contribution in [0.25, 0.3) is 0 Å². The van der Waals surface area contributed by atoms with Gasteiger partial charge in [0.1, 0.15) is 5.82 Å². The maximum Gasteiger partial charge on any atom is 0.219 e. The van der Waals surface area contributed by atoms with Gasteiger partial charge in [-0.3, -0.25) is 9.79 Å². The molecule has 1 N–H and O–H groups in total. The van der Waals surface area contributed by atoms with Gasteiger partial charge in [-0.15, -0.1) is 24.0 Å². The topological polar surface area (TPSA) is 65.8 Å². The molecule has 2 aromatic rings. The highest BCUT2D eigenvalue weighted by Gasteiger charge is 2.20. The van der Waals surface area contributed by atoms with Crippen LogP contribution < -0.4 is 5.32 Å². The van der Waals surface area contributed by atoms with Crippen LogP contribution in [-0.4, -0.2) is 70.5 Å². The summed E-state index contributed by atoms with van der Waals surface area (Å²) in [6.45, 7) is 9.17. The second-order valence-electron chi connectivity index (χ2n) is 6.94. The van der Waals surface area contributed by atoms with Crippen molar-refractivity contribution in [3.8, 4) is 0 Å². The van der Waals surface area contributed by atoms with Crippen LogP contribution in [0.4, 0.5) is 0 Å². The Morgan fingerprint density at radius 2 is 1.83 bits per heavy atom. The summed E-state index contributed by atoms with van der Waals surface area (Å²) in [6, 6.07) is 10.4. The van der Waals surface area contributed by atoms with E-state index in [1.54, 1.807) is 6.92 Å². The number of nitrogens with zero attached hydrogens (tertiary/aromatic N) is 5. The van der Waals surface area contributed by atoms with Gasteiger partial charge >= 0.3 is 0 Å². The van der Waals surface area contributed by atoms with Crippen LogP contribution >= 0.6 is 24.0 Å². The van der Waals surface area contributed by atoms with Gasteiger partial charge in [0, 0.05) is 71.6 Å². The van der Waals surface area contributed by atoms with Gasteiger partial charge in [0.05, 0.1) is 0 Å². The summed E-state index contributed by atoms with van der Waals surface area (Å²) in [5.74, 6) is 2.11. The van der Waals surface area contributed by atoms with Gasteiger partial charge in [-0.25, -0.2) is 4.98 Å². The first-order valence-corrected chi connectivity index (χ1v) is 10.00. The number of hydrogen-bond acceptors (Lipinski definition) is 3. The largest absolute Gasteiger partial charge is 0.357 e. The lowest BCUT2D eigenvalue weighted by molar-refractivity contribution is -0.130. The van der Waals surface area contributed by atoms with Crippen LogP contribution in [0.2, 0.25) is 0 Å². The van der Waals surface area contributed by atoms with E-state index in [0.29, 0.717) is 6.54 Å². The second-order valence-corrected chi connectivity index (χ2v) is 6.94. The first-order valence-electron chi connectivity index (χ1n) is 10.00. The number of imidazole rings is 1. The van der Waals surface area contributed by atoms with Crippen molar-refractivity contribution >= 4 is 35.8 Å². The molecule has 0 aliphatic carbocycles. The lowest BCUT2D eigenvalue weighted by Gasteiger charge is -2.36. The summed E-state index contributed by atoms with van der Waals surface area (Å²) < 4.78 is 2.18. The first-order chi connectivity index (χ1) is 13.7. The predicted octanol–water partition coefficient (Wildman–Crippen LogP) is 2.22. The fourth-order valence-electron chi connectivity index (χ4n) is 3.41. The molecule has 1 aliphatic heterocycles. The molecule has 0 unspecified atom stereocenters. The van der Waals surface area contributed by atoms with Crippen molar-refractivity contribution in [3.63, 3.8) is 0 Å². The van der Waals surface area contributed by atoms with E-state index in [2.05, 4.69) is 51.0 Å². The number of guanidine groups is 1. The molecule has 158 valence electrons. The molecule has 0 saturated carbocycles. The first kappa shape index (κ1) is 23.2. The smallest absolute Gasteiger partial charge is 0.219 e. The minimum atomic E-state index is 0. The van der Waals surface area contributed by atoms with Crippen molar-refractivity contribution in [2.45, 2.75) is 26.8 Å². The van der Waals surface area contributed by atoms with Crippen molar-refractivity contribution < 1.29 is 4.79 Å². The van der Waals surface area contributed by atoms with Crippen molar-refractivity contribution in [1.29, 1.82) is 0 Å². The number of rotatable bonds is 6. The molecule has 1 aromatic heterocycles. The number of nitrogens with one attached hydrogen (secondary N) is 1. The zero-order chi connectivity index (χ0) is 19.8. The highest BCUT2D eigenvalue weighted by Crippen LogP contribution is 2.07. The minimum Gasteiger partial charge on any atom is -0.357 e. The molecular formula is C21H31IN6O. The third-order valence-corrected chi connectivity index (χ3v) is 4.95. The minimum absolute atomic E-state index is 0. The molecule has 29 heavy (non-hydrogen) atoms. The Bertz CT molecular complexity index is 783. The van der Waals surface area contributed by atoms with Gasteiger partial charge in [-0.1, -0.05) is 30.3 Å². The number of aromatic nitrogens is 2. The summed E-state index contributed by atoms with van der Waals surface area (Å²) in [5.41, 5.74) is 1.27. The molecule has 1 aromatic carbocycles. The summed E-state index contributed by atoms with van der Waals surface area (Å²) >= 11 is 0. The molecule has 8 heteroatoms. The lowest BCUT2D eigenvalue weighted by atomic mass is 10.2. The average molecular weight is 510 g/mol. The number of hydrogen-bond donors (Lipinski definition) is 1. The van der Waals surface area contributed by atoms with Crippen molar-refractivity contribution in [1.82, 2.24) is 24.7 Å². The van der Waals surface area contributed by atoms with Gasteiger partial charge in [-0.05, 0) is 12.5 Å². The van der Waals surface area contributed by atoms with E-state index >= 15 is 0 Å². The number of carbonyl (C=O) groups excluding carboxylic acids is 1. The van der Waals surface area contributed by atoms with Crippen molar-refractivity contribution in [3.05, 3.63) is 54.1 Å². The SMILES string of the molecule is CCNC(=NCCc1nccn1Cc1ccccc1)N1CCN(C(C)=O)CC1.I. The van der Waals surface area contributed by atoms with Gasteiger partial charge in [0.15, 0.2) is 5.96 Å². The number of halogens is 1. The molecule has 1 amide bonds. The van der Waals surface area contributed by atoms with Crippen LogP contribution in [-0.2, 0) is 17.8 Å². The van der Waals surface area contributed by atoms with Gasteiger partial charge in [-0.2, -0.15) is 0 Å². The van der Waals surface area contributed by atoms with E-state index in [0.717, 1.165) is 57.5 Å². The quantitative estimate of drug-likeness (QED) is 0.368. The highest BCUT2D eigenvalue weighted by atomic mass is 127. The Morgan fingerprint density at radius 3 is 2.48 bits per heavy atom.